The van der Waals surface area contributed by atoms with Crippen LogP contribution in [-0.2, 0) is 4.79 Å². The van der Waals surface area contributed by atoms with E-state index in [0.29, 0.717) is 43.7 Å². The Hall–Kier alpha value is -1.72. The van der Waals surface area contributed by atoms with Crippen molar-refractivity contribution >= 4 is 17.4 Å². The van der Waals surface area contributed by atoms with E-state index < -0.39 is 5.60 Å². The van der Waals surface area contributed by atoms with Crippen LogP contribution in [0, 0.1) is 0 Å². The molecule has 0 atom stereocenters. The summed E-state index contributed by atoms with van der Waals surface area (Å²) in [6, 6.07) is 6.93. The number of amides is 1. The Morgan fingerprint density at radius 3 is 2.62 bits per heavy atom. The first-order valence-electron chi connectivity index (χ1n) is 7.21. The highest BCUT2D eigenvalue weighted by Gasteiger charge is 2.27. The number of hydrogen-bond donors (Lipinski definition) is 2. The quantitative estimate of drug-likeness (QED) is 0.828. The Morgan fingerprint density at radius 2 is 2.00 bits per heavy atom. The van der Waals surface area contributed by atoms with Gasteiger partial charge < -0.3 is 10.4 Å². The van der Waals surface area contributed by atoms with Crippen molar-refractivity contribution < 1.29 is 14.7 Å². The van der Waals surface area contributed by atoms with Gasteiger partial charge in [-0.05, 0) is 38.8 Å². The highest BCUT2D eigenvalue weighted by molar-refractivity contribution is 5.97. The van der Waals surface area contributed by atoms with Gasteiger partial charge >= 0.3 is 0 Å². The highest BCUT2D eigenvalue weighted by atomic mass is 16.3. The molecule has 1 aliphatic heterocycles. The lowest BCUT2D eigenvalue weighted by Gasteiger charge is -2.35. The lowest BCUT2D eigenvalue weighted by molar-refractivity contribution is -0.118. The molecule has 1 aliphatic rings. The van der Waals surface area contributed by atoms with E-state index in [-0.39, 0.29) is 11.7 Å². The maximum absolute atomic E-state index is 12.0. The van der Waals surface area contributed by atoms with Gasteiger partial charge in [0, 0.05) is 24.3 Å². The summed E-state index contributed by atoms with van der Waals surface area (Å²) in [5.74, 6) is -0.124. The van der Waals surface area contributed by atoms with E-state index >= 15 is 0 Å². The average molecular weight is 290 g/mol. The van der Waals surface area contributed by atoms with Crippen molar-refractivity contribution in [2.75, 3.05) is 25.0 Å². The molecule has 5 nitrogen and oxygen atoms in total. The molecule has 1 fully saturated rings. The maximum atomic E-state index is 12.0. The standard InChI is InChI=1S/C16H22N2O3/c1-12(19)13-4-3-5-14(10-13)17-15(20)11-18-8-6-16(2,21)7-9-18/h3-5,10,21H,6-9,11H2,1-2H3,(H,17,20). The molecular formula is C16H22N2O3. The highest BCUT2D eigenvalue weighted by Crippen LogP contribution is 2.20. The number of aliphatic hydroxyl groups is 1. The van der Waals surface area contributed by atoms with Gasteiger partial charge in [0.1, 0.15) is 0 Å². The molecule has 0 aliphatic carbocycles. The second-order valence-corrected chi connectivity index (χ2v) is 5.96. The number of nitrogens with zero attached hydrogens (tertiary/aromatic N) is 1. The van der Waals surface area contributed by atoms with Crippen LogP contribution >= 0.6 is 0 Å². The predicted molar refractivity (Wildman–Crippen MR) is 81.4 cm³/mol. The molecule has 114 valence electrons. The molecule has 0 saturated carbocycles. The minimum atomic E-state index is -0.608. The van der Waals surface area contributed by atoms with Crippen LogP contribution in [0.5, 0.6) is 0 Å². The van der Waals surface area contributed by atoms with Crippen molar-refractivity contribution in [3.8, 4) is 0 Å². The Kier molecular flexibility index (Phi) is 4.75. The van der Waals surface area contributed by atoms with Gasteiger partial charge in [0.05, 0.1) is 12.1 Å². The average Bonchev–Trinajstić information content (AvgIpc) is 2.41. The van der Waals surface area contributed by atoms with Gasteiger partial charge in [0.25, 0.3) is 0 Å². The summed E-state index contributed by atoms with van der Waals surface area (Å²) in [7, 11) is 0. The number of carbonyl (C=O) groups excluding carboxylic acids is 2. The third-order valence-corrected chi connectivity index (χ3v) is 3.85. The molecule has 1 aromatic rings. The van der Waals surface area contributed by atoms with Crippen molar-refractivity contribution in [1.82, 2.24) is 4.90 Å². The van der Waals surface area contributed by atoms with Crippen molar-refractivity contribution in [3.05, 3.63) is 29.8 Å². The minimum Gasteiger partial charge on any atom is -0.390 e. The summed E-state index contributed by atoms with van der Waals surface area (Å²) < 4.78 is 0. The maximum Gasteiger partial charge on any atom is 0.238 e. The predicted octanol–water partition coefficient (Wildman–Crippen LogP) is 1.67. The number of carbonyl (C=O) groups is 2. The molecule has 1 amide bonds. The molecule has 5 heteroatoms. The zero-order valence-electron chi connectivity index (χ0n) is 12.6. The Morgan fingerprint density at radius 1 is 1.33 bits per heavy atom. The third-order valence-electron chi connectivity index (χ3n) is 3.85. The third kappa shape index (κ3) is 4.65. The first-order valence-corrected chi connectivity index (χ1v) is 7.21. The van der Waals surface area contributed by atoms with Gasteiger partial charge in [-0.15, -0.1) is 0 Å². The number of Topliss-reactive ketones (excluding diaryl/α,β-unsaturated/α-hetero) is 1. The number of hydrogen-bond acceptors (Lipinski definition) is 4. The molecular weight excluding hydrogens is 268 g/mol. The topological polar surface area (TPSA) is 69.6 Å². The SMILES string of the molecule is CC(=O)c1cccc(NC(=O)CN2CCC(C)(O)CC2)c1. The van der Waals surface area contributed by atoms with Gasteiger partial charge in [-0.1, -0.05) is 12.1 Å². The van der Waals surface area contributed by atoms with Crippen molar-refractivity contribution in [2.45, 2.75) is 32.3 Å². The number of ketones is 1. The van der Waals surface area contributed by atoms with Crippen LogP contribution in [0.4, 0.5) is 5.69 Å². The number of nitrogens with one attached hydrogen (secondary N) is 1. The monoisotopic (exact) mass is 290 g/mol. The molecule has 0 aromatic heterocycles. The van der Waals surface area contributed by atoms with Crippen molar-refractivity contribution in [3.63, 3.8) is 0 Å². The number of likely N-dealkylation sites (tertiary alicyclic amines) is 1. The van der Waals surface area contributed by atoms with Crippen LogP contribution in [-0.4, -0.2) is 46.9 Å². The van der Waals surface area contributed by atoms with Crippen LogP contribution in [0.2, 0.25) is 0 Å². The smallest absolute Gasteiger partial charge is 0.238 e. The fourth-order valence-electron chi connectivity index (χ4n) is 2.41. The van der Waals surface area contributed by atoms with Gasteiger partial charge in [0.2, 0.25) is 5.91 Å². The van der Waals surface area contributed by atoms with E-state index in [4.69, 9.17) is 0 Å². The molecule has 0 radical (unpaired) electrons. The van der Waals surface area contributed by atoms with Crippen LogP contribution in [0.3, 0.4) is 0 Å². The van der Waals surface area contributed by atoms with Gasteiger partial charge in [-0.2, -0.15) is 0 Å². The number of benzene rings is 1. The molecule has 2 N–H and O–H groups in total. The van der Waals surface area contributed by atoms with Crippen molar-refractivity contribution in [1.29, 1.82) is 0 Å². The van der Waals surface area contributed by atoms with E-state index in [9.17, 15) is 14.7 Å². The summed E-state index contributed by atoms with van der Waals surface area (Å²) in [5, 5.41) is 12.7. The van der Waals surface area contributed by atoms with Crippen LogP contribution in [0.1, 0.15) is 37.0 Å². The Labute approximate surface area is 125 Å². The van der Waals surface area contributed by atoms with Crippen molar-refractivity contribution in [2.24, 2.45) is 0 Å². The number of rotatable bonds is 4. The molecule has 2 rings (SSSR count). The summed E-state index contributed by atoms with van der Waals surface area (Å²) >= 11 is 0. The largest absolute Gasteiger partial charge is 0.390 e. The first-order chi connectivity index (χ1) is 9.85. The number of anilines is 1. The fraction of sp³-hybridized carbons (Fsp3) is 0.500. The lowest BCUT2D eigenvalue weighted by atomic mass is 9.94. The van der Waals surface area contributed by atoms with E-state index in [1.165, 1.54) is 6.92 Å². The summed E-state index contributed by atoms with van der Waals surface area (Å²) in [6.45, 7) is 5.07. The van der Waals surface area contributed by atoms with Gasteiger partial charge in [0.15, 0.2) is 5.78 Å². The molecule has 1 aromatic carbocycles. The second kappa shape index (κ2) is 6.37. The lowest BCUT2D eigenvalue weighted by Crippen LogP contribution is -2.45. The first kappa shape index (κ1) is 15.7. The summed E-state index contributed by atoms with van der Waals surface area (Å²) in [6.07, 6.45) is 1.36. The Bertz CT molecular complexity index is 530. The van der Waals surface area contributed by atoms with Crippen LogP contribution in [0.25, 0.3) is 0 Å². The molecule has 21 heavy (non-hydrogen) atoms. The van der Waals surface area contributed by atoms with E-state index in [0.717, 1.165) is 0 Å². The normalized spacial score (nSPS) is 18.2. The molecule has 0 bridgehead atoms. The molecule has 1 heterocycles. The second-order valence-electron chi connectivity index (χ2n) is 5.96. The van der Waals surface area contributed by atoms with Crippen LogP contribution < -0.4 is 5.32 Å². The van der Waals surface area contributed by atoms with Crippen LogP contribution in [0.15, 0.2) is 24.3 Å². The molecule has 0 unspecified atom stereocenters. The van der Waals surface area contributed by atoms with E-state index in [1.807, 2.05) is 11.8 Å². The number of piperidine rings is 1. The molecule has 1 saturated heterocycles. The van der Waals surface area contributed by atoms with E-state index in [1.54, 1.807) is 24.3 Å². The molecule has 0 spiro atoms. The zero-order chi connectivity index (χ0) is 15.5. The van der Waals surface area contributed by atoms with E-state index in [2.05, 4.69) is 5.32 Å². The Balaban J connectivity index is 1.88. The van der Waals surface area contributed by atoms with Gasteiger partial charge in [-0.3, -0.25) is 14.5 Å². The minimum absolute atomic E-state index is 0.0237. The fourth-order valence-corrected chi connectivity index (χ4v) is 2.41. The van der Waals surface area contributed by atoms with Gasteiger partial charge in [-0.25, -0.2) is 0 Å². The summed E-state index contributed by atoms with van der Waals surface area (Å²) in [4.78, 5) is 25.4. The summed E-state index contributed by atoms with van der Waals surface area (Å²) in [5.41, 5.74) is 0.613. The zero-order valence-corrected chi connectivity index (χ0v) is 12.6.